The smallest absolute Gasteiger partial charge is 0.409 e. The van der Waals surface area contributed by atoms with E-state index in [4.69, 9.17) is 9.47 Å². The topological polar surface area (TPSA) is 64.5 Å². The first kappa shape index (κ1) is 11.2. The Morgan fingerprint density at radius 1 is 1.53 bits per heavy atom. The molecule has 1 amide bonds. The van der Waals surface area contributed by atoms with Crippen molar-refractivity contribution in [2.24, 2.45) is 5.92 Å². The van der Waals surface area contributed by atoms with E-state index in [2.05, 4.69) is 9.97 Å². The number of hydrogen-bond donors (Lipinski definition) is 0. The highest BCUT2D eigenvalue weighted by molar-refractivity contribution is 5.68. The molecular formula is C13H15N3O3. The van der Waals surface area contributed by atoms with Crippen LogP contribution in [0.4, 0.5) is 4.79 Å². The lowest BCUT2D eigenvalue weighted by atomic mass is 9.88. The van der Waals surface area contributed by atoms with Crippen LogP contribution < -0.4 is 0 Å². The van der Waals surface area contributed by atoms with Crippen molar-refractivity contribution in [3.63, 3.8) is 0 Å². The molecule has 2 bridgehead atoms. The van der Waals surface area contributed by atoms with Crippen molar-refractivity contribution in [2.45, 2.75) is 24.5 Å². The van der Waals surface area contributed by atoms with E-state index in [0.717, 1.165) is 24.2 Å². The van der Waals surface area contributed by atoms with E-state index in [0.29, 0.717) is 19.0 Å². The SMILES string of the molecule is COC(=O)N1C[C@@H]2C[C@@H]3O[C@]2(Cc2nccnc23)C1. The van der Waals surface area contributed by atoms with Crippen LogP contribution in [0.25, 0.3) is 0 Å². The Bertz CT molecular complexity index is 550. The van der Waals surface area contributed by atoms with Crippen molar-refractivity contribution in [2.75, 3.05) is 20.2 Å². The Hall–Kier alpha value is -1.69. The molecule has 6 nitrogen and oxygen atoms in total. The van der Waals surface area contributed by atoms with E-state index < -0.39 is 0 Å². The number of carbonyl (C=O) groups excluding carboxylic acids is 1. The van der Waals surface area contributed by atoms with E-state index in [9.17, 15) is 4.79 Å². The number of rotatable bonds is 0. The van der Waals surface area contributed by atoms with Gasteiger partial charge < -0.3 is 14.4 Å². The molecule has 4 rings (SSSR count). The largest absolute Gasteiger partial charge is 0.453 e. The molecule has 0 aliphatic carbocycles. The minimum absolute atomic E-state index is 0.0437. The van der Waals surface area contributed by atoms with Gasteiger partial charge in [0, 0.05) is 31.3 Å². The lowest BCUT2D eigenvalue weighted by Crippen LogP contribution is -2.43. The van der Waals surface area contributed by atoms with Gasteiger partial charge in [-0.3, -0.25) is 9.97 Å². The first-order valence-corrected chi connectivity index (χ1v) is 6.52. The Kier molecular flexibility index (Phi) is 2.15. The fourth-order valence-electron chi connectivity index (χ4n) is 3.71. The number of ether oxygens (including phenoxy) is 2. The second kappa shape index (κ2) is 3.66. The van der Waals surface area contributed by atoms with E-state index in [1.165, 1.54) is 7.11 Å². The number of carbonyl (C=O) groups is 1. The van der Waals surface area contributed by atoms with Gasteiger partial charge in [-0.15, -0.1) is 0 Å². The summed E-state index contributed by atoms with van der Waals surface area (Å²) in [4.78, 5) is 22.2. The number of amides is 1. The van der Waals surface area contributed by atoms with Gasteiger partial charge in [-0.1, -0.05) is 0 Å². The average Bonchev–Trinajstić information content (AvgIpc) is 2.88. The van der Waals surface area contributed by atoms with Gasteiger partial charge in [-0.25, -0.2) is 4.79 Å². The Labute approximate surface area is 110 Å². The Balaban J connectivity index is 1.68. The molecule has 0 saturated carbocycles. The Morgan fingerprint density at radius 3 is 3.21 bits per heavy atom. The molecule has 1 aromatic rings. The first-order chi connectivity index (χ1) is 9.22. The molecule has 0 aromatic carbocycles. The van der Waals surface area contributed by atoms with Crippen LogP contribution in [0.5, 0.6) is 0 Å². The molecule has 0 N–H and O–H groups in total. The Morgan fingerprint density at radius 2 is 2.37 bits per heavy atom. The van der Waals surface area contributed by atoms with Gasteiger partial charge in [0.15, 0.2) is 0 Å². The van der Waals surface area contributed by atoms with Crippen molar-refractivity contribution in [1.82, 2.24) is 14.9 Å². The quantitative estimate of drug-likeness (QED) is 0.695. The summed E-state index contributed by atoms with van der Waals surface area (Å²) in [6, 6.07) is 0. The van der Waals surface area contributed by atoms with Crippen molar-refractivity contribution < 1.29 is 14.3 Å². The minimum atomic E-state index is -0.276. The lowest BCUT2D eigenvalue weighted by molar-refractivity contribution is -0.0618. The summed E-state index contributed by atoms with van der Waals surface area (Å²) in [5.41, 5.74) is 1.72. The summed E-state index contributed by atoms with van der Waals surface area (Å²) in [6.45, 7) is 1.30. The lowest BCUT2D eigenvalue weighted by Gasteiger charge is -2.33. The molecule has 0 unspecified atom stereocenters. The molecule has 1 aromatic heterocycles. The van der Waals surface area contributed by atoms with Crippen molar-refractivity contribution in [1.29, 1.82) is 0 Å². The van der Waals surface area contributed by atoms with Gasteiger partial charge in [0.05, 0.1) is 30.6 Å². The highest BCUT2D eigenvalue weighted by atomic mass is 16.5. The molecule has 2 saturated heterocycles. The van der Waals surface area contributed by atoms with E-state index >= 15 is 0 Å². The van der Waals surface area contributed by atoms with Crippen LogP contribution in [0.15, 0.2) is 12.4 Å². The highest BCUT2D eigenvalue weighted by Gasteiger charge is 2.59. The molecular weight excluding hydrogens is 246 g/mol. The second-order valence-corrected chi connectivity index (χ2v) is 5.52. The predicted octanol–water partition coefficient (Wildman–Crippen LogP) is 0.931. The zero-order valence-electron chi connectivity index (χ0n) is 10.7. The first-order valence-electron chi connectivity index (χ1n) is 6.52. The third-order valence-corrected chi connectivity index (χ3v) is 4.53. The van der Waals surface area contributed by atoms with Crippen LogP contribution in [0.1, 0.15) is 23.9 Å². The summed E-state index contributed by atoms with van der Waals surface area (Å²) in [7, 11) is 1.42. The van der Waals surface area contributed by atoms with Crippen molar-refractivity contribution in [3.05, 3.63) is 23.8 Å². The third-order valence-electron chi connectivity index (χ3n) is 4.53. The molecule has 19 heavy (non-hydrogen) atoms. The molecule has 4 heterocycles. The van der Waals surface area contributed by atoms with E-state index in [1.807, 2.05) is 0 Å². The molecule has 0 radical (unpaired) electrons. The van der Waals surface area contributed by atoms with Crippen LogP contribution >= 0.6 is 0 Å². The average molecular weight is 261 g/mol. The standard InChI is InChI=1S/C13H15N3O3/c1-18-12(17)16-6-8-4-10-11-9(14-2-3-15-11)5-13(8,7-16)19-10/h2-3,8,10H,4-7H2,1H3/t8-,10-,13+/m0/s1. The van der Waals surface area contributed by atoms with Crippen LogP contribution in [0.2, 0.25) is 0 Å². The number of methoxy groups -OCH3 is 1. The minimum Gasteiger partial charge on any atom is -0.453 e. The van der Waals surface area contributed by atoms with Gasteiger partial charge in [-0.05, 0) is 6.42 Å². The summed E-state index contributed by atoms with van der Waals surface area (Å²) in [5.74, 6) is 0.354. The van der Waals surface area contributed by atoms with Crippen LogP contribution in [-0.2, 0) is 15.9 Å². The third kappa shape index (κ3) is 1.43. The van der Waals surface area contributed by atoms with Crippen LogP contribution in [0.3, 0.4) is 0 Å². The molecule has 2 fully saturated rings. The van der Waals surface area contributed by atoms with E-state index in [-0.39, 0.29) is 17.8 Å². The van der Waals surface area contributed by atoms with Crippen molar-refractivity contribution >= 4 is 6.09 Å². The van der Waals surface area contributed by atoms with Crippen LogP contribution in [0, 0.1) is 5.92 Å². The number of aromatic nitrogens is 2. The summed E-state index contributed by atoms with van der Waals surface area (Å²) in [6.07, 6.45) is 4.87. The van der Waals surface area contributed by atoms with E-state index in [1.54, 1.807) is 17.3 Å². The molecule has 1 spiro atoms. The maximum Gasteiger partial charge on any atom is 0.409 e. The maximum atomic E-state index is 11.7. The summed E-state index contributed by atoms with van der Waals surface area (Å²) < 4.78 is 11.0. The second-order valence-electron chi connectivity index (χ2n) is 5.52. The monoisotopic (exact) mass is 261 g/mol. The molecule has 3 aliphatic heterocycles. The molecule has 100 valence electrons. The fraction of sp³-hybridized carbons (Fsp3) is 0.615. The molecule has 3 atom stereocenters. The van der Waals surface area contributed by atoms with Crippen molar-refractivity contribution in [3.8, 4) is 0 Å². The normalized spacial score (nSPS) is 34.9. The summed E-state index contributed by atoms with van der Waals surface area (Å²) in [5, 5.41) is 0. The zero-order chi connectivity index (χ0) is 13.0. The predicted molar refractivity (Wildman–Crippen MR) is 64.4 cm³/mol. The van der Waals surface area contributed by atoms with Crippen LogP contribution in [-0.4, -0.2) is 46.8 Å². The van der Waals surface area contributed by atoms with Gasteiger partial charge in [-0.2, -0.15) is 0 Å². The van der Waals surface area contributed by atoms with Gasteiger partial charge in [0.25, 0.3) is 0 Å². The zero-order valence-corrected chi connectivity index (χ0v) is 10.7. The number of fused-ring (bicyclic) bond motifs is 3. The molecule has 3 aliphatic rings. The number of likely N-dealkylation sites (tertiary alicyclic amines) is 1. The highest BCUT2D eigenvalue weighted by Crippen LogP contribution is 2.52. The maximum absolute atomic E-state index is 11.7. The fourth-order valence-corrected chi connectivity index (χ4v) is 3.71. The number of hydrogen-bond acceptors (Lipinski definition) is 5. The van der Waals surface area contributed by atoms with Gasteiger partial charge in [0.1, 0.15) is 6.10 Å². The summed E-state index contributed by atoms with van der Waals surface area (Å²) >= 11 is 0. The van der Waals surface area contributed by atoms with Gasteiger partial charge >= 0.3 is 6.09 Å². The number of nitrogens with zero attached hydrogens (tertiary/aromatic N) is 3. The molecule has 6 heteroatoms. The van der Waals surface area contributed by atoms with Gasteiger partial charge in [0.2, 0.25) is 0 Å².